The molecule has 0 radical (unpaired) electrons. The van der Waals surface area contributed by atoms with Gasteiger partial charge in [0.05, 0.1) is 11.8 Å². The van der Waals surface area contributed by atoms with Crippen molar-refractivity contribution in [3.63, 3.8) is 0 Å². The molecule has 4 heteroatoms. The van der Waals surface area contributed by atoms with Gasteiger partial charge in [0.2, 0.25) is 0 Å². The lowest BCUT2D eigenvalue weighted by Crippen LogP contribution is -2.31. The molecule has 0 saturated heterocycles. The Hall–Kier alpha value is -1.06. The quantitative estimate of drug-likeness (QED) is 0.131. The molecule has 3 unspecified atom stereocenters. The van der Waals surface area contributed by atoms with Crippen LogP contribution in [-0.2, 0) is 14.3 Å². The van der Waals surface area contributed by atoms with Crippen molar-refractivity contribution in [2.75, 3.05) is 0 Å². The zero-order valence-corrected chi connectivity index (χ0v) is 22.8. The van der Waals surface area contributed by atoms with E-state index >= 15 is 0 Å². The van der Waals surface area contributed by atoms with Crippen molar-refractivity contribution in [1.82, 2.24) is 0 Å². The molecule has 0 aliphatic heterocycles. The number of rotatable bonds is 21. The Kier molecular flexibility index (Phi) is 18.4. The van der Waals surface area contributed by atoms with Crippen molar-refractivity contribution in [2.45, 2.75) is 162 Å². The average molecular weight is 481 g/mol. The minimum Gasteiger partial charge on any atom is -0.481 e. The van der Waals surface area contributed by atoms with Gasteiger partial charge < -0.3 is 9.84 Å². The molecular weight excluding hydrogens is 424 g/mol. The van der Waals surface area contributed by atoms with Gasteiger partial charge in [-0.2, -0.15) is 0 Å². The predicted molar refractivity (Wildman–Crippen MR) is 142 cm³/mol. The number of unbranched alkanes of at least 4 members (excludes halogenated alkanes) is 12. The third kappa shape index (κ3) is 15.8. The number of carbonyl (C=O) groups is 2. The van der Waals surface area contributed by atoms with Gasteiger partial charge in [-0.3, -0.25) is 9.59 Å². The van der Waals surface area contributed by atoms with E-state index in [2.05, 4.69) is 20.8 Å². The summed E-state index contributed by atoms with van der Waals surface area (Å²) in [6, 6.07) is 0. The fourth-order valence-electron chi connectivity index (χ4n) is 5.29. The summed E-state index contributed by atoms with van der Waals surface area (Å²) in [6.07, 6.45) is 23.9. The maximum absolute atomic E-state index is 12.9. The van der Waals surface area contributed by atoms with Crippen LogP contribution in [-0.4, -0.2) is 23.1 Å². The lowest BCUT2D eigenvalue weighted by molar-refractivity contribution is -0.158. The highest BCUT2D eigenvalue weighted by Gasteiger charge is 2.32. The van der Waals surface area contributed by atoms with E-state index in [1.54, 1.807) is 0 Å². The summed E-state index contributed by atoms with van der Waals surface area (Å²) in [5.74, 6) is -0.685. The van der Waals surface area contributed by atoms with E-state index < -0.39 is 5.97 Å². The number of carboxylic acids is 1. The Morgan fingerprint density at radius 1 is 0.735 bits per heavy atom. The fourth-order valence-corrected chi connectivity index (χ4v) is 5.29. The van der Waals surface area contributed by atoms with Gasteiger partial charge in [0.25, 0.3) is 0 Å². The van der Waals surface area contributed by atoms with Crippen molar-refractivity contribution in [3.8, 4) is 0 Å². The second kappa shape index (κ2) is 20.2. The molecule has 200 valence electrons. The highest BCUT2D eigenvalue weighted by Crippen LogP contribution is 2.31. The fraction of sp³-hybridized carbons (Fsp3) is 0.933. The van der Waals surface area contributed by atoms with Gasteiger partial charge in [0.1, 0.15) is 6.10 Å². The second-order valence-electron chi connectivity index (χ2n) is 11.3. The standard InChI is InChI=1S/C30H56O4/c1-4-5-6-7-9-13-16-22-28(23-17-14-11-8-10-12-15-19-25(2)3)34-30(33)27-21-18-20-26(24-27)29(31)32/h25-28H,4-24H2,1-3H3,(H,31,32). The van der Waals surface area contributed by atoms with Gasteiger partial charge >= 0.3 is 11.9 Å². The van der Waals surface area contributed by atoms with Crippen LogP contribution in [0.25, 0.3) is 0 Å². The first-order chi connectivity index (χ1) is 16.4. The zero-order valence-electron chi connectivity index (χ0n) is 22.8. The molecule has 0 spiro atoms. The lowest BCUT2D eigenvalue weighted by Gasteiger charge is -2.27. The number of hydrogen-bond acceptors (Lipinski definition) is 3. The Balaban J connectivity index is 2.34. The van der Waals surface area contributed by atoms with Crippen molar-refractivity contribution in [1.29, 1.82) is 0 Å². The molecule has 34 heavy (non-hydrogen) atoms. The first-order valence-corrected chi connectivity index (χ1v) is 14.9. The van der Waals surface area contributed by atoms with Crippen LogP contribution in [0.1, 0.15) is 156 Å². The highest BCUT2D eigenvalue weighted by atomic mass is 16.5. The molecule has 0 aromatic heterocycles. The van der Waals surface area contributed by atoms with Crippen LogP contribution in [0.15, 0.2) is 0 Å². The van der Waals surface area contributed by atoms with Gasteiger partial charge in [0, 0.05) is 0 Å². The summed E-state index contributed by atoms with van der Waals surface area (Å²) in [7, 11) is 0. The van der Waals surface area contributed by atoms with Crippen LogP contribution >= 0.6 is 0 Å². The molecule has 3 atom stereocenters. The summed E-state index contributed by atoms with van der Waals surface area (Å²) in [5, 5.41) is 9.35. The molecule has 1 rings (SSSR count). The number of carboxylic acid groups (broad SMARTS) is 1. The van der Waals surface area contributed by atoms with Crippen LogP contribution < -0.4 is 0 Å². The Morgan fingerprint density at radius 2 is 1.21 bits per heavy atom. The van der Waals surface area contributed by atoms with Crippen molar-refractivity contribution in [3.05, 3.63) is 0 Å². The molecule has 1 aliphatic carbocycles. The summed E-state index contributed by atoms with van der Waals surface area (Å²) in [4.78, 5) is 24.2. The summed E-state index contributed by atoms with van der Waals surface area (Å²) in [6.45, 7) is 6.85. The Labute approximate surface area is 211 Å². The number of esters is 1. The van der Waals surface area contributed by atoms with Crippen molar-refractivity contribution < 1.29 is 19.4 Å². The first-order valence-electron chi connectivity index (χ1n) is 14.9. The molecule has 0 bridgehead atoms. The molecule has 0 aromatic rings. The third-order valence-corrected chi connectivity index (χ3v) is 7.58. The van der Waals surface area contributed by atoms with E-state index in [0.717, 1.165) is 44.4 Å². The monoisotopic (exact) mass is 480 g/mol. The molecule has 1 fully saturated rings. The van der Waals surface area contributed by atoms with Crippen LogP contribution in [0.3, 0.4) is 0 Å². The lowest BCUT2D eigenvalue weighted by atomic mass is 9.81. The van der Waals surface area contributed by atoms with Crippen molar-refractivity contribution >= 4 is 11.9 Å². The first kappa shape index (κ1) is 31.0. The molecule has 0 aromatic carbocycles. The summed E-state index contributed by atoms with van der Waals surface area (Å²) in [5.41, 5.74) is 0. The molecule has 1 saturated carbocycles. The van der Waals surface area contributed by atoms with E-state index in [4.69, 9.17) is 4.74 Å². The second-order valence-corrected chi connectivity index (χ2v) is 11.3. The normalized spacial score (nSPS) is 19.3. The van der Waals surface area contributed by atoms with E-state index in [9.17, 15) is 14.7 Å². The minimum absolute atomic E-state index is 0.0133. The Bertz CT molecular complexity index is 516. The number of carbonyl (C=O) groups excluding carboxylic acids is 1. The molecule has 4 nitrogen and oxygen atoms in total. The number of aliphatic carboxylic acids is 1. The molecule has 0 amide bonds. The highest BCUT2D eigenvalue weighted by molar-refractivity contribution is 5.75. The maximum atomic E-state index is 12.9. The predicted octanol–water partition coefficient (Wildman–Crippen LogP) is 9.10. The SMILES string of the molecule is CCCCCCCCCC(CCCCCCCCCC(C)C)OC(=O)C1CCCC(C(=O)O)C1. The van der Waals surface area contributed by atoms with E-state index in [0.29, 0.717) is 12.8 Å². The maximum Gasteiger partial charge on any atom is 0.309 e. The summed E-state index contributed by atoms with van der Waals surface area (Å²) < 4.78 is 6.01. The minimum atomic E-state index is -0.763. The van der Waals surface area contributed by atoms with Crippen LogP contribution in [0.2, 0.25) is 0 Å². The van der Waals surface area contributed by atoms with Gasteiger partial charge in [-0.05, 0) is 50.9 Å². The molecule has 1 N–H and O–H groups in total. The average Bonchev–Trinajstić information content (AvgIpc) is 2.81. The Morgan fingerprint density at radius 3 is 1.71 bits per heavy atom. The van der Waals surface area contributed by atoms with Gasteiger partial charge in [0.15, 0.2) is 0 Å². The van der Waals surface area contributed by atoms with Crippen LogP contribution in [0.4, 0.5) is 0 Å². The van der Waals surface area contributed by atoms with E-state index in [1.807, 2.05) is 0 Å². The molecule has 0 heterocycles. The van der Waals surface area contributed by atoms with Gasteiger partial charge in [-0.25, -0.2) is 0 Å². The van der Waals surface area contributed by atoms with Crippen LogP contribution in [0, 0.1) is 17.8 Å². The molecule has 1 aliphatic rings. The number of ether oxygens (including phenoxy) is 1. The summed E-state index contributed by atoms with van der Waals surface area (Å²) >= 11 is 0. The molecular formula is C30H56O4. The largest absolute Gasteiger partial charge is 0.481 e. The van der Waals surface area contributed by atoms with E-state index in [1.165, 1.54) is 83.5 Å². The van der Waals surface area contributed by atoms with Gasteiger partial charge in [-0.1, -0.05) is 111 Å². The van der Waals surface area contributed by atoms with E-state index in [-0.39, 0.29) is 23.9 Å². The number of hydrogen-bond donors (Lipinski definition) is 1. The smallest absolute Gasteiger partial charge is 0.309 e. The third-order valence-electron chi connectivity index (χ3n) is 7.58. The topological polar surface area (TPSA) is 63.6 Å². The zero-order chi connectivity index (χ0) is 25.0. The van der Waals surface area contributed by atoms with Gasteiger partial charge in [-0.15, -0.1) is 0 Å². The van der Waals surface area contributed by atoms with Crippen molar-refractivity contribution in [2.24, 2.45) is 17.8 Å². The van der Waals surface area contributed by atoms with Crippen LogP contribution in [0.5, 0.6) is 0 Å².